The molecule has 1 N–H and O–H groups in total. The van der Waals surface area contributed by atoms with Gasteiger partial charge in [-0.05, 0) is 40.0 Å². The summed E-state index contributed by atoms with van der Waals surface area (Å²) in [7, 11) is 0. The van der Waals surface area contributed by atoms with Gasteiger partial charge >= 0.3 is 6.09 Å². The lowest BCUT2D eigenvalue weighted by Gasteiger charge is -2.40. The zero-order valence-electron chi connectivity index (χ0n) is 11.4. The molecule has 18 heavy (non-hydrogen) atoms. The summed E-state index contributed by atoms with van der Waals surface area (Å²) in [5.74, 6) is 0. The molecule has 1 atom stereocenters. The average Bonchev–Trinajstić information content (AvgIpc) is 2.59. The van der Waals surface area contributed by atoms with Crippen molar-refractivity contribution in [3.05, 3.63) is 0 Å². The summed E-state index contributed by atoms with van der Waals surface area (Å²) in [4.78, 5) is 13.6. The van der Waals surface area contributed by atoms with E-state index in [1.54, 1.807) is 4.90 Å². The Morgan fingerprint density at radius 1 is 1.39 bits per heavy atom. The fourth-order valence-corrected chi connectivity index (χ4v) is 2.60. The van der Waals surface area contributed by atoms with Crippen molar-refractivity contribution in [2.45, 2.75) is 57.3 Å². The first-order valence-electron chi connectivity index (χ1n) is 6.62. The summed E-state index contributed by atoms with van der Waals surface area (Å²) < 4.78 is 11.0. The first kappa shape index (κ1) is 13.6. The van der Waals surface area contributed by atoms with E-state index in [1.165, 1.54) is 0 Å². The molecule has 2 rings (SSSR count). The number of carbonyl (C=O) groups is 1. The molecular formula is C13H23NO4. The Hall–Kier alpha value is -0.810. The van der Waals surface area contributed by atoms with Crippen LogP contribution in [0.15, 0.2) is 0 Å². The molecule has 2 saturated heterocycles. The number of amides is 1. The molecule has 0 aromatic rings. The lowest BCUT2D eigenvalue weighted by Crippen LogP contribution is -2.52. The molecule has 2 aliphatic rings. The Labute approximate surface area is 108 Å². The molecule has 0 aromatic carbocycles. The SMILES string of the molecule is CC(C)(C)OC(=O)N1CCC2(CC1)OCC[C@H]2O. The van der Waals surface area contributed by atoms with Crippen molar-refractivity contribution < 1.29 is 19.4 Å². The largest absolute Gasteiger partial charge is 0.444 e. The van der Waals surface area contributed by atoms with Crippen molar-refractivity contribution in [1.29, 1.82) is 0 Å². The number of carbonyl (C=O) groups excluding carboxylic acids is 1. The van der Waals surface area contributed by atoms with Crippen LogP contribution in [0.3, 0.4) is 0 Å². The molecule has 0 bridgehead atoms. The van der Waals surface area contributed by atoms with E-state index in [0.717, 1.165) is 0 Å². The number of aliphatic hydroxyl groups is 1. The third-order valence-corrected chi connectivity index (χ3v) is 3.65. The van der Waals surface area contributed by atoms with Gasteiger partial charge in [-0.15, -0.1) is 0 Å². The highest BCUT2D eigenvalue weighted by molar-refractivity contribution is 5.68. The molecule has 0 saturated carbocycles. The van der Waals surface area contributed by atoms with Gasteiger partial charge in [-0.25, -0.2) is 4.79 Å². The molecule has 0 aromatic heterocycles. The van der Waals surface area contributed by atoms with E-state index >= 15 is 0 Å². The second-order valence-electron chi connectivity index (χ2n) is 6.19. The molecule has 0 aliphatic carbocycles. The molecular weight excluding hydrogens is 234 g/mol. The van der Waals surface area contributed by atoms with E-state index < -0.39 is 17.3 Å². The van der Waals surface area contributed by atoms with E-state index in [2.05, 4.69) is 0 Å². The molecule has 1 amide bonds. The van der Waals surface area contributed by atoms with E-state index in [4.69, 9.17) is 9.47 Å². The third kappa shape index (κ3) is 2.78. The van der Waals surface area contributed by atoms with Crippen LogP contribution in [-0.2, 0) is 9.47 Å². The topological polar surface area (TPSA) is 59.0 Å². The van der Waals surface area contributed by atoms with E-state index in [1.807, 2.05) is 20.8 Å². The van der Waals surface area contributed by atoms with Crippen molar-refractivity contribution in [3.63, 3.8) is 0 Å². The first-order valence-corrected chi connectivity index (χ1v) is 6.62. The zero-order valence-corrected chi connectivity index (χ0v) is 11.4. The van der Waals surface area contributed by atoms with Gasteiger partial charge in [-0.1, -0.05) is 0 Å². The van der Waals surface area contributed by atoms with Crippen LogP contribution in [0.4, 0.5) is 4.79 Å². The fourth-order valence-electron chi connectivity index (χ4n) is 2.60. The number of piperidine rings is 1. The Bertz CT molecular complexity index is 315. The minimum Gasteiger partial charge on any atom is -0.444 e. The predicted octanol–water partition coefficient (Wildman–Crippen LogP) is 1.54. The Morgan fingerprint density at radius 2 is 2.00 bits per heavy atom. The average molecular weight is 257 g/mol. The van der Waals surface area contributed by atoms with Gasteiger partial charge in [-0.2, -0.15) is 0 Å². The number of hydrogen-bond donors (Lipinski definition) is 1. The van der Waals surface area contributed by atoms with Gasteiger partial charge in [0.2, 0.25) is 0 Å². The van der Waals surface area contributed by atoms with Gasteiger partial charge in [0.1, 0.15) is 5.60 Å². The van der Waals surface area contributed by atoms with Gasteiger partial charge in [0, 0.05) is 13.1 Å². The molecule has 2 heterocycles. The van der Waals surface area contributed by atoms with Gasteiger partial charge in [-0.3, -0.25) is 0 Å². The number of ether oxygens (including phenoxy) is 2. The maximum atomic E-state index is 11.9. The molecule has 5 heteroatoms. The van der Waals surface area contributed by atoms with Crippen LogP contribution in [0.2, 0.25) is 0 Å². The quantitative estimate of drug-likeness (QED) is 0.715. The molecule has 1 spiro atoms. The number of rotatable bonds is 0. The zero-order chi connectivity index (χ0) is 13.4. The third-order valence-electron chi connectivity index (χ3n) is 3.65. The Balaban J connectivity index is 1.89. The van der Waals surface area contributed by atoms with Crippen molar-refractivity contribution >= 4 is 6.09 Å². The minimum absolute atomic E-state index is 0.273. The van der Waals surface area contributed by atoms with Crippen LogP contribution in [0.5, 0.6) is 0 Å². The van der Waals surface area contributed by atoms with Crippen LogP contribution < -0.4 is 0 Å². The second kappa shape index (κ2) is 4.70. The van der Waals surface area contributed by atoms with Gasteiger partial charge in [0.05, 0.1) is 18.3 Å². The molecule has 2 fully saturated rings. The normalized spacial score (nSPS) is 27.6. The molecule has 5 nitrogen and oxygen atoms in total. The highest BCUT2D eigenvalue weighted by Gasteiger charge is 2.46. The molecule has 0 unspecified atom stereocenters. The lowest BCUT2D eigenvalue weighted by molar-refractivity contribution is -0.0941. The Morgan fingerprint density at radius 3 is 2.44 bits per heavy atom. The number of nitrogens with zero attached hydrogens (tertiary/aromatic N) is 1. The van der Waals surface area contributed by atoms with Gasteiger partial charge in [0.15, 0.2) is 0 Å². The van der Waals surface area contributed by atoms with Crippen LogP contribution in [0.1, 0.15) is 40.0 Å². The standard InChI is InChI=1S/C13H23NO4/c1-12(2,3)18-11(16)14-7-5-13(6-8-14)10(15)4-9-17-13/h10,15H,4-9H2,1-3H3/t10-/m1/s1. The minimum atomic E-state index is -0.463. The predicted molar refractivity (Wildman–Crippen MR) is 66.3 cm³/mol. The number of likely N-dealkylation sites (tertiary alicyclic amines) is 1. The highest BCUT2D eigenvalue weighted by atomic mass is 16.6. The van der Waals surface area contributed by atoms with Crippen LogP contribution in [-0.4, -0.2) is 53.1 Å². The van der Waals surface area contributed by atoms with Gasteiger partial charge < -0.3 is 19.5 Å². The van der Waals surface area contributed by atoms with Gasteiger partial charge in [0.25, 0.3) is 0 Å². The number of hydrogen-bond acceptors (Lipinski definition) is 4. The van der Waals surface area contributed by atoms with Crippen molar-refractivity contribution in [3.8, 4) is 0 Å². The summed E-state index contributed by atoms with van der Waals surface area (Å²) in [5.41, 5.74) is -0.881. The van der Waals surface area contributed by atoms with Crippen molar-refractivity contribution in [2.75, 3.05) is 19.7 Å². The maximum absolute atomic E-state index is 11.9. The highest BCUT2D eigenvalue weighted by Crippen LogP contribution is 2.36. The fraction of sp³-hybridized carbons (Fsp3) is 0.923. The lowest BCUT2D eigenvalue weighted by atomic mass is 9.86. The van der Waals surface area contributed by atoms with E-state index in [0.29, 0.717) is 39.0 Å². The smallest absolute Gasteiger partial charge is 0.410 e. The van der Waals surface area contributed by atoms with E-state index in [9.17, 15) is 9.90 Å². The summed E-state index contributed by atoms with van der Waals surface area (Å²) in [6.07, 6.45) is 1.41. The van der Waals surface area contributed by atoms with Crippen LogP contribution in [0, 0.1) is 0 Å². The second-order valence-corrected chi connectivity index (χ2v) is 6.19. The maximum Gasteiger partial charge on any atom is 0.410 e. The summed E-state index contributed by atoms with van der Waals surface area (Å²) in [5, 5.41) is 9.96. The van der Waals surface area contributed by atoms with E-state index in [-0.39, 0.29) is 6.09 Å². The van der Waals surface area contributed by atoms with Crippen LogP contribution >= 0.6 is 0 Å². The monoisotopic (exact) mass is 257 g/mol. The van der Waals surface area contributed by atoms with Crippen LogP contribution in [0.25, 0.3) is 0 Å². The van der Waals surface area contributed by atoms with Crippen molar-refractivity contribution in [2.24, 2.45) is 0 Å². The molecule has 2 aliphatic heterocycles. The number of aliphatic hydroxyl groups excluding tert-OH is 1. The summed E-state index contributed by atoms with van der Waals surface area (Å²) >= 11 is 0. The Kier molecular flexibility index (Phi) is 3.56. The summed E-state index contributed by atoms with van der Waals surface area (Å²) in [6.45, 7) is 7.38. The molecule has 104 valence electrons. The molecule has 0 radical (unpaired) electrons. The van der Waals surface area contributed by atoms with Crippen molar-refractivity contribution in [1.82, 2.24) is 4.90 Å². The first-order chi connectivity index (χ1) is 8.32. The summed E-state index contributed by atoms with van der Waals surface area (Å²) in [6, 6.07) is 0.